The van der Waals surface area contributed by atoms with E-state index < -0.39 is 12.0 Å². The summed E-state index contributed by atoms with van der Waals surface area (Å²) in [4.78, 5) is 25.3. The molecule has 0 saturated heterocycles. The molecule has 1 fully saturated rings. The standard InChI is InChI=1S/C21H25BrN2O5/c1-12-18(20(25)29-13-7-5-3-2-4-6-8-13)19(24-21(26)23-12)14-9-16-17(10-15(14)22)28-11-27-16/h9-10,13,19H,2-8,11H2,1H3,(H2,23,24,26)/t19-/m1/s1. The van der Waals surface area contributed by atoms with Gasteiger partial charge < -0.3 is 24.8 Å². The lowest BCUT2D eigenvalue weighted by atomic mass is 9.94. The van der Waals surface area contributed by atoms with Crippen LogP contribution in [0.25, 0.3) is 0 Å². The van der Waals surface area contributed by atoms with E-state index in [1.807, 2.05) is 0 Å². The number of esters is 1. The molecular formula is C21H25BrN2O5. The Hall–Kier alpha value is -2.22. The third kappa shape index (κ3) is 4.37. The number of fused-ring (bicyclic) bond motifs is 1. The van der Waals surface area contributed by atoms with Gasteiger partial charge >= 0.3 is 12.0 Å². The Bertz CT molecular complexity index is 846. The Morgan fingerprint density at radius 2 is 1.76 bits per heavy atom. The second kappa shape index (κ2) is 8.65. The highest BCUT2D eigenvalue weighted by atomic mass is 79.9. The third-order valence-corrected chi connectivity index (χ3v) is 6.30. The molecule has 0 spiro atoms. The van der Waals surface area contributed by atoms with Gasteiger partial charge in [0.05, 0.1) is 11.6 Å². The van der Waals surface area contributed by atoms with Gasteiger partial charge in [0.1, 0.15) is 6.10 Å². The number of hydrogen-bond donors (Lipinski definition) is 2. The van der Waals surface area contributed by atoms with Crippen molar-refractivity contribution in [1.82, 2.24) is 10.6 Å². The van der Waals surface area contributed by atoms with E-state index in [9.17, 15) is 9.59 Å². The zero-order valence-corrected chi connectivity index (χ0v) is 18.0. The van der Waals surface area contributed by atoms with E-state index in [0.29, 0.717) is 28.3 Å². The van der Waals surface area contributed by atoms with Crippen molar-refractivity contribution >= 4 is 27.9 Å². The first-order chi connectivity index (χ1) is 14.0. The minimum atomic E-state index is -0.645. The Balaban J connectivity index is 1.61. The number of rotatable bonds is 3. The lowest BCUT2D eigenvalue weighted by Gasteiger charge is -2.30. The molecule has 2 N–H and O–H groups in total. The fourth-order valence-electron chi connectivity index (χ4n) is 4.10. The van der Waals surface area contributed by atoms with Gasteiger partial charge in [-0.3, -0.25) is 0 Å². The van der Waals surface area contributed by atoms with Crippen molar-refractivity contribution in [3.05, 3.63) is 33.4 Å². The van der Waals surface area contributed by atoms with Crippen LogP contribution in [0.4, 0.5) is 4.79 Å². The minimum absolute atomic E-state index is 0.0819. The number of ether oxygens (including phenoxy) is 3. The fourth-order valence-corrected chi connectivity index (χ4v) is 4.65. The number of urea groups is 1. The highest BCUT2D eigenvalue weighted by Gasteiger charge is 2.35. The zero-order valence-electron chi connectivity index (χ0n) is 16.4. The monoisotopic (exact) mass is 464 g/mol. The Morgan fingerprint density at radius 1 is 1.10 bits per heavy atom. The van der Waals surface area contributed by atoms with Gasteiger partial charge in [-0.1, -0.05) is 35.2 Å². The molecule has 0 unspecified atom stereocenters. The second-order valence-electron chi connectivity index (χ2n) is 7.67. The van der Waals surface area contributed by atoms with Crippen molar-refractivity contribution in [2.24, 2.45) is 0 Å². The number of amides is 2. The van der Waals surface area contributed by atoms with E-state index in [2.05, 4.69) is 26.6 Å². The first-order valence-electron chi connectivity index (χ1n) is 10.1. The minimum Gasteiger partial charge on any atom is -0.459 e. The molecule has 2 heterocycles. The average molecular weight is 465 g/mol. The molecule has 4 rings (SSSR count). The number of benzene rings is 1. The van der Waals surface area contributed by atoms with Crippen LogP contribution in [0.5, 0.6) is 11.5 Å². The van der Waals surface area contributed by atoms with Gasteiger partial charge in [-0.15, -0.1) is 0 Å². The van der Waals surface area contributed by atoms with Crippen LogP contribution in [0.15, 0.2) is 27.9 Å². The van der Waals surface area contributed by atoms with Crippen molar-refractivity contribution in [2.45, 2.75) is 64.0 Å². The second-order valence-corrected chi connectivity index (χ2v) is 8.52. The average Bonchev–Trinajstić information content (AvgIpc) is 3.09. The van der Waals surface area contributed by atoms with Crippen molar-refractivity contribution in [2.75, 3.05) is 6.79 Å². The SMILES string of the molecule is CC1=C(C(=O)OC2CCCCCCC2)[C@@H](c2cc3c(cc2Br)OCO3)NC(=O)N1. The molecule has 1 saturated carbocycles. The summed E-state index contributed by atoms with van der Waals surface area (Å²) in [7, 11) is 0. The first-order valence-corrected chi connectivity index (χ1v) is 10.9. The molecule has 3 aliphatic rings. The molecule has 1 aliphatic carbocycles. The summed E-state index contributed by atoms with van der Waals surface area (Å²) in [5, 5.41) is 5.55. The van der Waals surface area contributed by atoms with Crippen LogP contribution in [0.3, 0.4) is 0 Å². The molecule has 2 amide bonds. The summed E-state index contributed by atoms with van der Waals surface area (Å²) in [5.74, 6) is 0.816. The maximum Gasteiger partial charge on any atom is 0.338 e. The molecule has 0 bridgehead atoms. The molecule has 1 aromatic carbocycles. The highest BCUT2D eigenvalue weighted by Crippen LogP contribution is 2.41. The topological polar surface area (TPSA) is 85.9 Å². The Labute approximate surface area is 178 Å². The zero-order chi connectivity index (χ0) is 20.4. The predicted octanol–water partition coefficient (Wildman–Crippen LogP) is 4.46. The molecule has 8 heteroatoms. The smallest absolute Gasteiger partial charge is 0.338 e. The van der Waals surface area contributed by atoms with Crippen LogP contribution in [0.2, 0.25) is 0 Å². The molecule has 2 aliphatic heterocycles. The largest absolute Gasteiger partial charge is 0.459 e. The van der Waals surface area contributed by atoms with Crippen LogP contribution >= 0.6 is 15.9 Å². The Morgan fingerprint density at radius 3 is 2.48 bits per heavy atom. The summed E-state index contributed by atoms with van der Waals surface area (Å²) in [6.45, 7) is 1.87. The highest BCUT2D eigenvalue weighted by molar-refractivity contribution is 9.10. The van der Waals surface area contributed by atoms with Crippen LogP contribution in [-0.4, -0.2) is 24.9 Å². The van der Waals surface area contributed by atoms with Gasteiger partial charge in [-0.25, -0.2) is 9.59 Å². The number of hydrogen-bond acceptors (Lipinski definition) is 5. The number of allylic oxidation sites excluding steroid dienone is 1. The van der Waals surface area contributed by atoms with Gasteiger partial charge in [0.2, 0.25) is 6.79 Å². The van der Waals surface area contributed by atoms with Gasteiger partial charge in [0.15, 0.2) is 11.5 Å². The summed E-state index contributed by atoms with van der Waals surface area (Å²) >= 11 is 3.54. The molecule has 7 nitrogen and oxygen atoms in total. The van der Waals surface area contributed by atoms with Gasteiger partial charge in [0.25, 0.3) is 0 Å². The summed E-state index contributed by atoms with van der Waals surface area (Å²) in [5.41, 5.74) is 1.62. The van der Waals surface area contributed by atoms with Gasteiger partial charge in [-0.05, 0) is 50.3 Å². The molecule has 0 radical (unpaired) electrons. The molecular weight excluding hydrogens is 440 g/mol. The molecule has 156 valence electrons. The number of carbonyl (C=O) groups is 2. The van der Waals surface area contributed by atoms with E-state index in [1.54, 1.807) is 19.1 Å². The van der Waals surface area contributed by atoms with Crippen LogP contribution in [0, 0.1) is 0 Å². The number of halogens is 1. The van der Waals surface area contributed by atoms with Crippen molar-refractivity contribution in [3.63, 3.8) is 0 Å². The van der Waals surface area contributed by atoms with Gasteiger partial charge in [0, 0.05) is 10.2 Å². The van der Waals surface area contributed by atoms with Crippen LogP contribution in [0.1, 0.15) is 63.5 Å². The van der Waals surface area contributed by atoms with E-state index in [0.717, 1.165) is 30.2 Å². The van der Waals surface area contributed by atoms with E-state index in [1.165, 1.54) is 19.3 Å². The summed E-state index contributed by atoms with van der Waals surface area (Å²) < 4.78 is 17.5. The van der Waals surface area contributed by atoms with Crippen LogP contribution < -0.4 is 20.1 Å². The first kappa shape index (κ1) is 20.1. The van der Waals surface area contributed by atoms with E-state index >= 15 is 0 Å². The fraction of sp³-hybridized carbons (Fsp3) is 0.524. The van der Waals surface area contributed by atoms with Crippen molar-refractivity contribution in [1.29, 1.82) is 0 Å². The third-order valence-electron chi connectivity index (χ3n) is 5.62. The van der Waals surface area contributed by atoms with E-state index in [-0.39, 0.29) is 18.9 Å². The molecule has 29 heavy (non-hydrogen) atoms. The molecule has 1 aromatic rings. The normalized spacial score (nSPS) is 22.4. The van der Waals surface area contributed by atoms with Crippen LogP contribution in [-0.2, 0) is 9.53 Å². The van der Waals surface area contributed by atoms with Crippen molar-refractivity contribution < 1.29 is 23.8 Å². The van der Waals surface area contributed by atoms with Gasteiger partial charge in [-0.2, -0.15) is 0 Å². The summed E-state index contributed by atoms with van der Waals surface area (Å²) in [6, 6.07) is 2.58. The predicted molar refractivity (Wildman–Crippen MR) is 110 cm³/mol. The number of carbonyl (C=O) groups excluding carboxylic acids is 2. The number of nitrogens with one attached hydrogen (secondary N) is 2. The Kier molecular flexibility index (Phi) is 5.99. The quantitative estimate of drug-likeness (QED) is 0.644. The summed E-state index contributed by atoms with van der Waals surface area (Å²) in [6.07, 6.45) is 7.44. The maximum atomic E-state index is 13.2. The molecule has 1 atom stereocenters. The van der Waals surface area contributed by atoms with E-state index in [4.69, 9.17) is 14.2 Å². The van der Waals surface area contributed by atoms with Crippen molar-refractivity contribution in [3.8, 4) is 11.5 Å². The lowest BCUT2D eigenvalue weighted by molar-refractivity contribution is -0.145. The molecule has 0 aromatic heterocycles. The maximum absolute atomic E-state index is 13.2. The lowest BCUT2D eigenvalue weighted by Crippen LogP contribution is -2.45.